The number of carboxylic acid groups (broad SMARTS) is 1. The number of rotatable bonds is 5. The number of hydrogen-bond acceptors (Lipinski definition) is 2. The molecule has 0 bridgehead atoms. The van der Waals surface area contributed by atoms with E-state index in [2.05, 4.69) is 25.7 Å². The van der Waals surface area contributed by atoms with Crippen LogP contribution in [-0.2, 0) is 4.79 Å². The van der Waals surface area contributed by atoms with Gasteiger partial charge in [0.25, 0.3) is 0 Å². The number of carboxylic acids is 1. The van der Waals surface area contributed by atoms with Crippen LogP contribution in [0.2, 0.25) is 0 Å². The molecule has 1 saturated heterocycles. The molecule has 0 spiro atoms. The molecule has 1 aliphatic heterocycles. The van der Waals surface area contributed by atoms with Crippen LogP contribution in [0.3, 0.4) is 0 Å². The van der Waals surface area contributed by atoms with Gasteiger partial charge in [-0.15, -0.1) is 0 Å². The van der Waals surface area contributed by atoms with Gasteiger partial charge in [-0.3, -0.25) is 4.79 Å². The molecule has 3 heteroatoms. The van der Waals surface area contributed by atoms with E-state index >= 15 is 0 Å². The van der Waals surface area contributed by atoms with Crippen LogP contribution < -0.4 is 0 Å². The minimum Gasteiger partial charge on any atom is -0.481 e. The zero-order chi connectivity index (χ0) is 13.8. The molecular formula is C15H29NO2. The maximum Gasteiger partial charge on any atom is 0.310 e. The molecule has 1 heterocycles. The van der Waals surface area contributed by atoms with Gasteiger partial charge in [-0.25, -0.2) is 0 Å². The quantitative estimate of drug-likeness (QED) is 0.818. The van der Waals surface area contributed by atoms with Crippen LogP contribution in [-0.4, -0.2) is 35.6 Å². The predicted molar refractivity (Wildman–Crippen MR) is 74.7 cm³/mol. The Kier molecular flexibility index (Phi) is 5.20. The molecule has 1 unspecified atom stereocenters. The lowest BCUT2D eigenvalue weighted by atomic mass is 9.77. The largest absolute Gasteiger partial charge is 0.481 e. The second-order valence-corrected chi connectivity index (χ2v) is 6.98. The molecule has 1 atom stereocenters. The van der Waals surface area contributed by atoms with Crippen molar-refractivity contribution in [2.24, 2.45) is 10.8 Å². The summed E-state index contributed by atoms with van der Waals surface area (Å²) < 4.78 is 0. The Bertz CT molecular complexity index is 283. The van der Waals surface area contributed by atoms with E-state index in [1.165, 1.54) is 12.8 Å². The van der Waals surface area contributed by atoms with Crippen molar-refractivity contribution < 1.29 is 9.90 Å². The van der Waals surface area contributed by atoms with E-state index in [0.717, 1.165) is 38.9 Å². The highest BCUT2D eigenvalue weighted by Gasteiger charge is 2.40. The van der Waals surface area contributed by atoms with Gasteiger partial charge in [0, 0.05) is 6.54 Å². The van der Waals surface area contributed by atoms with Gasteiger partial charge in [0.2, 0.25) is 0 Å². The van der Waals surface area contributed by atoms with Crippen LogP contribution in [0.5, 0.6) is 0 Å². The fraction of sp³-hybridized carbons (Fsp3) is 0.933. The van der Waals surface area contributed by atoms with Gasteiger partial charge in [0.05, 0.1) is 5.41 Å². The minimum atomic E-state index is -0.606. The highest BCUT2D eigenvalue weighted by Crippen LogP contribution is 2.34. The lowest BCUT2D eigenvalue weighted by molar-refractivity contribution is -0.152. The van der Waals surface area contributed by atoms with Gasteiger partial charge in [0.1, 0.15) is 0 Å². The van der Waals surface area contributed by atoms with Gasteiger partial charge in [-0.05, 0) is 50.6 Å². The molecule has 1 rings (SSSR count). The van der Waals surface area contributed by atoms with Gasteiger partial charge >= 0.3 is 5.97 Å². The van der Waals surface area contributed by atoms with Crippen LogP contribution in [0.4, 0.5) is 0 Å². The number of aliphatic carboxylic acids is 1. The molecule has 18 heavy (non-hydrogen) atoms. The van der Waals surface area contributed by atoms with Gasteiger partial charge in [-0.2, -0.15) is 0 Å². The molecule has 1 aliphatic rings. The number of hydrogen-bond donors (Lipinski definition) is 1. The summed E-state index contributed by atoms with van der Waals surface area (Å²) in [6.07, 6.45) is 4.99. The van der Waals surface area contributed by atoms with Gasteiger partial charge in [-0.1, -0.05) is 27.7 Å². The lowest BCUT2D eigenvalue weighted by Crippen LogP contribution is -2.47. The molecule has 1 N–H and O–H groups in total. The summed E-state index contributed by atoms with van der Waals surface area (Å²) in [5, 5.41) is 9.43. The van der Waals surface area contributed by atoms with Crippen LogP contribution in [0, 0.1) is 10.8 Å². The molecular weight excluding hydrogens is 226 g/mol. The summed E-state index contributed by atoms with van der Waals surface area (Å²) in [6, 6.07) is 0. The van der Waals surface area contributed by atoms with Crippen molar-refractivity contribution in [3.8, 4) is 0 Å². The Morgan fingerprint density at radius 1 is 1.39 bits per heavy atom. The van der Waals surface area contributed by atoms with Gasteiger partial charge < -0.3 is 10.0 Å². The van der Waals surface area contributed by atoms with Crippen LogP contribution in [0.25, 0.3) is 0 Å². The second-order valence-electron chi connectivity index (χ2n) is 6.98. The minimum absolute atomic E-state index is 0.379. The fourth-order valence-corrected chi connectivity index (χ4v) is 2.87. The average Bonchev–Trinajstić information content (AvgIpc) is 2.27. The average molecular weight is 255 g/mol. The fourth-order valence-electron chi connectivity index (χ4n) is 2.87. The topological polar surface area (TPSA) is 40.5 Å². The van der Waals surface area contributed by atoms with Crippen molar-refractivity contribution in [3.05, 3.63) is 0 Å². The second kappa shape index (κ2) is 6.05. The third kappa shape index (κ3) is 4.27. The zero-order valence-electron chi connectivity index (χ0n) is 12.5. The summed E-state index contributed by atoms with van der Waals surface area (Å²) in [5.74, 6) is -0.606. The summed E-state index contributed by atoms with van der Waals surface area (Å²) in [6.45, 7) is 11.6. The Labute approximate surface area is 112 Å². The molecule has 0 amide bonds. The summed E-state index contributed by atoms with van der Waals surface area (Å²) in [7, 11) is 0. The van der Waals surface area contributed by atoms with E-state index in [1.54, 1.807) is 0 Å². The van der Waals surface area contributed by atoms with Crippen molar-refractivity contribution in [1.82, 2.24) is 4.90 Å². The van der Waals surface area contributed by atoms with Crippen molar-refractivity contribution >= 4 is 5.97 Å². The maximum absolute atomic E-state index is 11.5. The molecule has 0 aromatic rings. The first-order valence-corrected chi connectivity index (χ1v) is 7.25. The van der Waals surface area contributed by atoms with E-state index in [9.17, 15) is 9.90 Å². The first kappa shape index (κ1) is 15.5. The monoisotopic (exact) mass is 255 g/mol. The van der Waals surface area contributed by atoms with Crippen molar-refractivity contribution in [3.63, 3.8) is 0 Å². The lowest BCUT2D eigenvalue weighted by Gasteiger charge is -2.39. The first-order chi connectivity index (χ1) is 8.29. The zero-order valence-corrected chi connectivity index (χ0v) is 12.5. The van der Waals surface area contributed by atoms with Crippen LogP contribution in [0.15, 0.2) is 0 Å². The molecule has 0 aromatic heterocycles. The van der Waals surface area contributed by atoms with Crippen LogP contribution in [0.1, 0.15) is 59.8 Å². The number of carbonyl (C=O) groups is 1. The first-order valence-electron chi connectivity index (χ1n) is 7.25. The summed E-state index contributed by atoms with van der Waals surface area (Å²) >= 11 is 0. The SMILES string of the molecule is CCC1(C(=O)O)CCCN(CCCC(C)(C)C)C1. The highest BCUT2D eigenvalue weighted by molar-refractivity contribution is 5.75. The molecule has 3 nitrogen and oxygen atoms in total. The predicted octanol–water partition coefficient (Wildman–Crippen LogP) is 3.39. The summed E-state index contributed by atoms with van der Waals surface area (Å²) in [4.78, 5) is 13.8. The van der Waals surface area contributed by atoms with Crippen LogP contribution >= 0.6 is 0 Å². The normalized spacial score (nSPS) is 26.2. The standard InChI is InChI=1S/C15H29NO2/c1-5-15(13(17)18)9-7-11-16(12-15)10-6-8-14(2,3)4/h5-12H2,1-4H3,(H,17,18). The van der Waals surface area contributed by atoms with Crippen molar-refractivity contribution in [1.29, 1.82) is 0 Å². The number of nitrogens with zero attached hydrogens (tertiary/aromatic N) is 1. The van der Waals surface area contributed by atoms with E-state index in [0.29, 0.717) is 5.41 Å². The molecule has 0 saturated carbocycles. The molecule has 0 aromatic carbocycles. The Morgan fingerprint density at radius 2 is 2.06 bits per heavy atom. The van der Waals surface area contributed by atoms with E-state index in [-0.39, 0.29) is 0 Å². The van der Waals surface area contributed by atoms with E-state index < -0.39 is 11.4 Å². The highest BCUT2D eigenvalue weighted by atomic mass is 16.4. The van der Waals surface area contributed by atoms with E-state index in [4.69, 9.17) is 0 Å². The summed E-state index contributed by atoms with van der Waals surface area (Å²) in [5.41, 5.74) is -0.107. The third-order valence-electron chi connectivity index (χ3n) is 4.19. The molecule has 0 aliphatic carbocycles. The molecule has 0 radical (unpaired) electrons. The number of likely N-dealkylation sites (tertiary alicyclic amines) is 1. The number of piperidine rings is 1. The third-order valence-corrected chi connectivity index (χ3v) is 4.19. The Morgan fingerprint density at radius 3 is 2.56 bits per heavy atom. The Hall–Kier alpha value is -0.570. The van der Waals surface area contributed by atoms with Gasteiger partial charge in [0.15, 0.2) is 0 Å². The maximum atomic E-state index is 11.5. The van der Waals surface area contributed by atoms with Crippen molar-refractivity contribution in [2.45, 2.75) is 59.8 Å². The molecule has 1 fully saturated rings. The smallest absolute Gasteiger partial charge is 0.310 e. The Balaban J connectivity index is 2.46. The van der Waals surface area contributed by atoms with E-state index in [1.807, 2.05) is 6.92 Å². The molecule has 106 valence electrons. The van der Waals surface area contributed by atoms with Crippen molar-refractivity contribution in [2.75, 3.05) is 19.6 Å².